The molecule has 0 saturated carbocycles. The van der Waals surface area contributed by atoms with Crippen LogP contribution in [0.3, 0.4) is 0 Å². The fourth-order valence-corrected chi connectivity index (χ4v) is 3.17. The summed E-state index contributed by atoms with van der Waals surface area (Å²) in [7, 11) is 1.80. The van der Waals surface area contributed by atoms with Gasteiger partial charge in [-0.2, -0.15) is 0 Å². The van der Waals surface area contributed by atoms with E-state index in [-0.39, 0.29) is 0 Å². The van der Waals surface area contributed by atoms with E-state index in [0.717, 1.165) is 37.6 Å². The predicted molar refractivity (Wildman–Crippen MR) is 99.5 cm³/mol. The van der Waals surface area contributed by atoms with Gasteiger partial charge in [-0.05, 0) is 32.8 Å². The zero-order chi connectivity index (χ0) is 16.7. The first kappa shape index (κ1) is 17.5. The van der Waals surface area contributed by atoms with Gasteiger partial charge in [-0.1, -0.05) is 29.8 Å². The Morgan fingerprint density at radius 1 is 1.04 bits per heavy atom. The van der Waals surface area contributed by atoms with E-state index in [1.165, 1.54) is 21.0 Å². The maximum absolute atomic E-state index is 4.56. The van der Waals surface area contributed by atoms with E-state index in [2.05, 4.69) is 65.6 Å². The second-order valence-electron chi connectivity index (χ2n) is 5.66. The fourth-order valence-electron chi connectivity index (χ4n) is 2.23. The van der Waals surface area contributed by atoms with Crippen molar-refractivity contribution < 1.29 is 0 Å². The zero-order valence-electron chi connectivity index (χ0n) is 14.4. The van der Waals surface area contributed by atoms with Crippen LogP contribution < -0.4 is 10.6 Å². The van der Waals surface area contributed by atoms with Crippen LogP contribution in [0.1, 0.15) is 26.7 Å². The Hall–Kier alpha value is -1.88. The highest BCUT2D eigenvalue weighted by Gasteiger charge is 2.04. The molecule has 0 unspecified atom stereocenters. The largest absolute Gasteiger partial charge is 0.356 e. The molecule has 23 heavy (non-hydrogen) atoms. The molecule has 1 aromatic carbocycles. The summed E-state index contributed by atoms with van der Waals surface area (Å²) in [5, 5.41) is 7.89. The second kappa shape index (κ2) is 8.67. The molecule has 0 radical (unpaired) electrons. The van der Waals surface area contributed by atoms with Crippen LogP contribution in [0.2, 0.25) is 0 Å². The Kier molecular flexibility index (Phi) is 6.59. The van der Waals surface area contributed by atoms with Crippen molar-refractivity contribution in [2.75, 3.05) is 20.1 Å². The standard InChI is InChI=1S/C18H26N4S/c1-13-5-7-16(8-6-13)9-11-20-18(19-4)21-12-10-17-22-14(2)15(3)23-17/h5-8H,9-12H2,1-4H3,(H2,19,20,21). The lowest BCUT2D eigenvalue weighted by atomic mass is 10.1. The fraction of sp³-hybridized carbons (Fsp3) is 0.444. The second-order valence-corrected chi connectivity index (χ2v) is 6.95. The molecule has 0 amide bonds. The Morgan fingerprint density at radius 2 is 1.70 bits per heavy atom. The van der Waals surface area contributed by atoms with Gasteiger partial charge in [0.05, 0.1) is 10.7 Å². The molecule has 0 aliphatic carbocycles. The molecule has 2 N–H and O–H groups in total. The lowest BCUT2D eigenvalue weighted by Gasteiger charge is -2.11. The monoisotopic (exact) mass is 330 g/mol. The minimum atomic E-state index is 0.844. The summed E-state index contributed by atoms with van der Waals surface area (Å²) in [6, 6.07) is 8.67. The SMILES string of the molecule is CN=C(NCCc1ccc(C)cc1)NCCc1nc(C)c(C)s1. The van der Waals surface area contributed by atoms with Gasteiger partial charge in [0.1, 0.15) is 0 Å². The van der Waals surface area contributed by atoms with E-state index in [1.54, 1.807) is 18.4 Å². The maximum Gasteiger partial charge on any atom is 0.191 e. The molecule has 0 aliphatic heterocycles. The number of hydrogen-bond acceptors (Lipinski definition) is 3. The summed E-state index contributed by atoms with van der Waals surface area (Å²) in [4.78, 5) is 10.1. The van der Waals surface area contributed by atoms with Gasteiger partial charge in [-0.25, -0.2) is 4.98 Å². The number of hydrogen-bond donors (Lipinski definition) is 2. The van der Waals surface area contributed by atoms with Crippen LogP contribution in [-0.2, 0) is 12.8 Å². The van der Waals surface area contributed by atoms with Crippen molar-refractivity contribution in [3.05, 3.63) is 51.0 Å². The van der Waals surface area contributed by atoms with Crippen molar-refractivity contribution in [2.24, 2.45) is 4.99 Å². The Bertz CT molecular complexity index is 624. The number of aromatic nitrogens is 1. The van der Waals surface area contributed by atoms with Gasteiger partial charge in [0.15, 0.2) is 5.96 Å². The lowest BCUT2D eigenvalue weighted by molar-refractivity contribution is 0.781. The van der Waals surface area contributed by atoms with Crippen LogP contribution in [0.25, 0.3) is 0 Å². The third kappa shape index (κ3) is 5.67. The number of nitrogens with zero attached hydrogens (tertiary/aromatic N) is 2. The minimum absolute atomic E-state index is 0.844. The highest BCUT2D eigenvalue weighted by molar-refractivity contribution is 7.11. The molecule has 0 saturated heterocycles. The molecule has 1 heterocycles. The number of nitrogens with one attached hydrogen (secondary N) is 2. The highest BCUT2D eigenvalue weighted by Crippen LogP contribution is 2.16. The van der Waals surface area contributed by atoms with Crippen LogP contribution in [0.5, 0.6) is 0 Å². The molecule has 0 atom stereocenters. The maximum atomic E-state index is 4.56. The summed E-state index contributed by atoms with van der Waals surface area (Å²) in [6.07, 6.45) is 1.92. The number of aryl methyl sites for hydroxylation is 3. The summed E-state index contributed by atoms with van der Waals surface area (Å²) in [5.41, 5.74) is 3.78. The summed E-state index contributed by atoms with van der Waals surface area (Å²) < 4.78 is 0. The molecule has 0 bridgehead atoms. The normalized spacial score (nSPS) is 11.6. The summed E-state index contributed by atoms with van der Waals surface area (Å²) in [5.74, 6) is 0.849. The predicted octanol–water partition coefficient (Wildman–Crippen LogP) is 3.02. The quantitative estimate of drug-likeness (QED) is 0.632. The Balaban J connectivity index is 1.70. The first-order valence-corrected chi connectivity index (χ1v) is 8.83. The van der Waals surface area contributed by atoms with Crippen molar-refractivity contribution in [3.63, 3.8) is 0 Å². The van der Waals surface area contributed by atoms with Crippen LogP contribution in [0.15, 0.2) is 29.3 Å². The molecule has 4 nitrogen and oxygen atoms in total. The van der Waals surface area contributed by atoms with Crippen LogP contribution >= 0.6 is 11.3 Å². The molecule has 0 aliphatic rings. The van der Waals surface area contributed by atoms with Crippen LogP contribution in [-0.4, -0.2) is 31.1 Å². The van der Waals surface area contributed by atoms with Crippen molar-refractivity contribution in [2.45, 2.75) is 33.6 Å². The first-order valence-electron chi connectivity index (χ1n) is 8.01. The van der Waals surface area contributed by atoms with E-state index in [9.17, 15) is 0 Å². The highest BCUT2D eigenvalue weighted by atomic mass is 32.1. The third-order valence-corrected chi connectivity index (χ3v) is 4.89. The number of thiazole rings is 1. The molecular formula is C18H26N4S. The molecule has 0 fully saturated rings. The summed E-state index contributed by atoms with van der Waals surface area (Å²) >= 11 is 1.78. The van der Waals surface area contributed by atoms with Gasteiger partial charge in [0.2, 0.25) is 0 Å². The van der Waals surface area contributed by atoms with Crippen molar-refractivity contribution in [3.8, 4) is 0 Å². The Labute approximate surface area is 143 Å². The van der Waals surface area contributed by atoms with E-state index in [4.69, 9.17) is 0 Å². The minimum Gasteiger partial charge on any atom is -0.356 e. The molecule has 2 rings (SSSR count). The van der Waals surface area contributed by atoms with Gasteiger partial charge in [0.25, 0.3) is 0 Å². The lowest BCUT2D eigenvalue weighted by Crippen LogP contribution is -2.39. The topological polar surface area (TPSA) is 49.3 Å². The zero-order valence-corrected chi connectivity index (χ0v) is 15.3. The number of benzene rings is 1. The van der Waals surface area contributed by atoms with Gasteiger partial charge in [-0.3, -0.25) is 4.99 Å². The van der Waals surface area contributed by atoms with Crippen molar-refractivity contribution >= 4 is 17.3 Å². The molecular weight excluding hydrogens is 304 g/mol. The first-order chi connectivity index (χ1) is 11.1. The third-order valence-electron chi connectivity index (χ3n) is 3.75. The molecule has 124 valence electrons. The average Bonchev–Trinajstić information content (AvgIpc) is 2.86. The van der Waals surface area contributed by atoms with Crippen molar-refractivity contribution in [1.82, 2.24) is 15.6 Å². The smallest absolute Gasteiger partial charge is 0.191 e. The van der Waals surface area contributed by atoms with Crippen LogP contribution in [0.4, 0.5) is 0 Å². The Morgan fingerprint density at radius 3 is 2.26 bits per heavy atom. The van der Waals surface area contributed by atoms with Gasteiger partial charge >= 0.3 is 0 Å². The van der Waals surface area contributed by atoms with Crippen molar-refractivity contribution in [1.29, 1.82) is 0 Å². The van der Waals surface area contributed by atoms with E-state index in [1.807, 2.05) is 0 Å². The van der Waals surface area contributed by atoms with E-state index in [0.29, 0.717) is 0 Å². The van der Waals surface area contributed by atoms with E-state index < -0.39 is 0 Å². The number of rotatable bonds is 6. The van der Waals surface area contributed by atoms with Gasteiger partial charge in [0, 0.05) is 31.4 Å². The number of guanidine groups is 1. The molecule has 1 aromatic heterocycles. The van der Waals surface area contributed by atoms with Crippen LogP contribution in [0, 0.1) is 20.8 Å². The van der Waals surface area contributed by atoms with Gasteiger partial charge < -0.3 is 10.6 Å². The molecule has 5 heteroatoms. The van der Waals surface area contributed by atoms with Gasteiger partial charge in [-0.15, -0.1) is 11.3 Å². The van der Waals surface area contributed by atoms with E-state index >= 15 is 0 Å². The summed E-state index contributed by atoms with van der Waals surface area (Å²) in [6.45, 7) is 8.01. The average molecular weight is 331 g/mol. The molecule has 0 spiro atoms. The molecule has 2 aromatic rings. The number of aliphatic imine (C=N–C) groups is 1.